The van der Waals surface area contributed by atoms with Gasteiger partial charge in [0.1, 0.15) is 6.61 Å². The zero-order chi connectivity index (χ0) is 17.8. The minimum absolute atomic E-state index is 0.147. The molecule has 0 amide bonds. The van der Waals surface area contributed by atoms with Gasteiger partial charge in [-0.25, -0.2) is 9.79 Å². The van der Waals surface area contributed by atoms with Crippen molar-refractivity contribution in [2.75, 3.05) is 13.7 Å². The van der Waals surface area contributed by atoms with Crippen LogP contribution in [0.3, 0.4) is 0 Å². The summed E-state index contributed by atoms with van der Waals surface area (Å²) in [5, 5.41) is 0. The van der Waals surface area contributed by atoms with Crippen molar-refractivity contribution in [3.05, 3.63) is 63.8 Å². The van der Waals surface area contributed by atoms with Gasteiger partial charge in [-0.05, 0) is 58.5 Å². The van der Waals surface area contributed by atoms with Gasteiger partial charge in [0.2, 0.25) is 0 Å². The zero-order valence-corrected chi connectivity index (χ0v) is 15.5. The SMILES string of the molecule is C=CCOc1c(I)cc(/C=C2\N=C(c3ccco3)OC2=O)cc1OC. The quantitative estimate of drug-likeness (QED) is 0.289. The molecular formula is C18H14INO5. The summed E-state index contributed by atoms with van der Waals surface area (Å²) >= 11 is 2.14. The standard InChI is InChI=1S/C18H14INO5/c1-3-6-24-16-12(19)8-11(10-15(16)22-2)9-13-18(21)25-17(20-13)14-5-4-7-23-14/h3-5,7-10H,1,6H2,2H3/b13-9-. The molecule has 1 aromatic carbocycles. The van der Waals surface area contributed by atoms with Crippen molar-refractivity contribution in [3.8, 4) is 11.5 Å². The minimum Gasteiger partial charge on any atom is -0.493 e. The van der Waals surface area contributed by atoms with Crippen LogP contribution >= 0.6 is 22.6 Å². The molecule has 0 N–H and O–H groups in total. The molecule has 7 heteroatoms. The summed E-state index contributed by atoms with van der Waals surface area (Å²) in [6, 6.07) is 7.00. The van der Waals surface area contributed by atoms with E-state index in [1.165, 1.54) is 6.26 Å². The van der Waals surface area contributed by atoms with Gasteiger partial charge < -0.3 is 18.6 Å². The first-order valence-electron chi connectivity index (χ1n) is 7.30. The number of cyclic esters (lactones) is 1. The van der Waals surface area contributed by atoms with E-state index in [1.54, 1.807) is 37.5 Å². The lowest BCUT2D eigenvalue weighted by Gasteiger charge is -2.12. The monoisotopic (exact) mass is 451 g/mol. The maximum Gasteiger partial charge on any atom is 0.363 e. The molecule has 1 aliphatic heterocycles. The van der Waals surface area contributed by atoms with E-state index in [9.17, 15) is 4.79 Å². The summed E-state index contributed by atoms with van der Waals surface area (Å²) in [5.74, 6) is 1.19. The fourth-order valence-electron chi connectivity index (χ4n) is 2.18. The number of carbonyl (C=O) groups is 1. The Hall–Kier alpha value is -2.55. The molecule has 0 radical (unpaired) electrons. The number of hydrogen-bond donors (Lipinski definition) is 0. The maximum absolute atomic E-state index is 12.0. The second kappa shape index (κ2) is 7.56. The van der Waals surface area contributed by atoms with Crippen LogP contribution in [0.2, 0.25) is 0 Å². The largest absolute Gasteiger partial charge is 0.493 e. The summed E-state index contributed by atoms with van der Waals surface area (Å²) < 4.78 is 22.2. The molecule has 0 fully saturated rings. The normalized spacial score (nSPS) is 15.0. The molecule has 0 aliphatic carbocycles. The Morgan fingerprint density at radius 2 is 2.24 bits per heavy atom. The van der Waals surface area contributed by atoms with Gasteiger partial charge in [-0.1, -0.05) is 12.7 Å². The van der Waals surface area contributed by atoms with Crippen LogP contribution in [0.5, 0.6) is 11.5 Å². The average molecular weight is 451 g/mol. The Morgan fingerprint density at radius 3 is 2.92 bits per heavy atom. The fourth-order valence-corrected chi connectivity index (χ4v) is 2.96. The zero-order valence-electron chi connectivity index (χ0n) is 13.3. The third-order valence-electron chi connectivity index (χ3n) is 3.25. The van der Waals surface area contributed by atoms with Gasteiger partial charge in [-0.2, -0.15) is 0 Å². The number of ether oxygens (including phenoxy) is 3. The van der Waals surface area contributed by atoms with Crippen LogP contribution in [-0.2, 0) is 9.53 Å². The number of methoxy groups -OCH3 is 1. The lowest BCUT2D eigenvalue weighted by Crippen LogP contribution is -2.04. The third-order valence-corrected chi connectivity index (χ3v) is 4.05. The van der Waals surface area contributed by atoms with Crippen molar-refractivity contribution in [3.63, 3.8) is 0 Å². The molecule has 1 aromatic heterocycles. The highest BCUT2D eigenvalue weighted by atomic mass is 127. The van der Waals surface area contributed by atoms with E-state index < -0.39 is 5.97 Å². The van der Waals surface area contributed by atoms with Crippen LogP contribution in [0, 0.1) is 3.57 Å². The smallest absolute Gasteiger partial charge is 0.363 e. The number of benzene rings is 1. The highest BCUT2D eigenvalue weighted by Gasteiger charge is 2.26. The molecule has 0 atom stereocenters. The van der Waals surface area contributed by atoms with Crippen LogP contribution in [0.1, 0.15) is 11.3 Å². The van der Waals surface area contributed by atoms with Gasteiger partial charge in [0.25, 0.3) is 5.90 Å². The summed E-state index contributed by atoms with van der Waals surface area (Å²) in [6.07, 6.45) is 4.77. The summed E-state index contributed by atoms with van der Waals surface area (Å²) in [6.45, 7) is 4.00. The fraction of sp³-hybridized carbons (Fsp3) is 0.111. The van der Waals surface area contributed by atoms with Gasteiger partial charge in [-0.3, -0.25) is 0 Å². The number of aliphatic imine (C=N–C) groups is 1. The van der Waals surface area contributed by atoms with Crippen molar-refractivity contribution in [1.29, 1.82) is 0 Å². The number of halogens is 1. The van der Waals surface area contributed by atoms with E-state index in [2.05, 4.69) is 34.2 Å². The van der Waals surface area contributed by atoms with E-state index in [0.29, 0.717) is 23.9 Å². The van der Waals surface area contributed by atoms with Crippen molar-refractivity contribution in [2.24, 2.45) is 4.99 Å². The van der Waals surface area contributed by atoms with Crippen molar-refractivity contribution < 1.29 is 23.4 Å². The van der Waals surface area contributed by atoms with Crippen molar-refractivity contribution >= 4 is 40.5 Å². The molecule has 1 aliphatic rings. The molecule has 128 valence electrons. The van der Waals surface area contributed by atoms with Crippen LogP contribution in [0.15, 0.2) is 58.3 Å². The molecule has 0 saturated carbocycles. The number of carbonyl (C=O) groups excluding carboxylic acids is 1. The van der Waals surface area contributed by atoms with Gasteiger partial charge in [0, 0.05) is 0 Å². The van der Waals surface area contributed by atoms with E-state index in [1.807, 2.05) is 6.07 Å². The highest BCUT2D eigenvalue weighted by Crippen LogP contribution is 2.35. The predicted octanol–water partition coefficient (Wildman–Crippen LogP) is 3.80. The van der Waals surface area contributed by atoms with Crippen LogP contribution < -0.4 is 9.47 Å². The Labute approximate surface area is 157 Å². The molecule has 3 rings (SSSR count). The van der Waals surface area contributed by atoms with Crippen molar-refractivity contribution in [2.45, 2.75) is 0 Å². The summed E-state index contributed by atoms with van der Waals surface area (Å²) in [7, 11) is 1.56. The van der Waals surface area contributed by atoms with Gasteiger partial charge in [0.05, 0.1) is 16.9 Å². The summed E-state index contributed by atoms with van der Waals surface area (Å²) in [5.41, 5.74) is 0.924. The van der Waals surface area contributed by atoms with Crippen LogP contribution in [-0.4, -0.2) is 25.6 Å². The lowest BCUT2D eigenvalue weighted by molar-refractivity contribution is -0.130. The van der Waals surface area contributed by atoms with Crippen LogP contribution in [0.25, 0.3) is 6.08 Å². The molecule has 0 bridgehead atoms. The number of nitrogens with zero attached hydrogens (tertiary/aromatic N) is 1. The molecule has 2 heterocycles. The van der Waals surface area contributed by atoms with E-state index in [4.69, 9.17) is 18.6 Å². The molecule has 6 nitrogen and oxygen atoms in total. The second-order valence-electron chi connectivity index (χ2n) is 4.95. The van der Waals surface area contributed by atoms with E-state index in [-0.39, 0.29) is 11.6 Å². The van der Waals surface area contributed by atoms with E-state index in [0.717, 1.165) is 9.13 Å². The first kappa shape index (κ1) is 17.3. The van der Waals surface area contributed by atoms with Crippen molar-refractivity contribution in [1.82, 2.24) is 0 Å². The van der Waals surface area contributed by atoms with Gasteiger partial charge >= 0.3 is 5.97 Å². The third kappa shape index (κ3) is 3.76. The Balaban J connectivity index is 1.94. The number of furan rings is 1. The van der Waals surface area contributed by atoms with E-state index >= 15 is 0 Å². The topological polar surface area (TPSA) is 70.3 Å². The average Bonchev–Trinajstić information content (AvgIpc) is 3.24. The lowest BCUT2D eigenvalue weighted by atomic mass is 10.1. The first-order valence-corrected chi connectivity index (χ1v) is 8.38. The predicted molar refractivity (Wildman–Crippen MR) is 101 cm³/mol. The Morgan fingerprint density at radius 1 is 1.40 bits per heavy atom. The Kier molecular flexibility index (Phi) is 5.22. The second-order valence-corrected chi connectivity index (χ2v) is 6.11. The molecule has 0 unspecified atom stereocenters. The molecule has 25 heavy (non-hydrogen) atoms. The summed E-state index contributed by atoms with van der Waals surface area (Å²) in [4.78, 5) is 16.2. The maximum atomic E-state index is 12.0. The Bertz CT molecular complexity index is 868. The molecule has 0 spiro atoms. The molecular weight excluding hydrogens is 437 g/mol. The number of rotatable bonds is 6. The number of esters is 1. The van der Waals surface area contributed by atoms with Crippen LogP contribution in [0.4, 0.5) is 0 Å². The number of hydrogen-bond acceptors (Lipinski definition) is 6. The molecule has 2 aromatic rings. The minimum atomic E-state index is -0.535. The van der Waals surface area contributed by atoms with Gasteiger partial charge in [0.15, 0.2) is 23.0 Å². The highest BCUT2D eigenvalue weighted by molar-refractivity contribution is 14.1. The molecule has 0 saturated heterocycles. The van der Waals surface area contributed by atoms with Gasteiger partial charge in [-0.15, -0.1) is 0 Å². The first-order chi connectivity index (χ1) is 12.1.